The van der Waals surface area contributed by atoms with Crippen molar-refractivity contribution in [3.05, 3.63) is 53.7 Å². The molecule has 2 aromatic carbocycles. The summed E-state index contributed by atoms with van der Waals surface area (Å²) >= 11 is 0. The number of phenolic OH excluding ortho intramolecular Hbond substituents is 2. The van der Waals surface area contributed by atoms with Crippen LogP contribution in [0.4, 0.5) is 0 Å². The van der Waals surface area contributed by atoms with Crippen LogP contribution in [0.1, 0.15) is 37.9 Å². The minimum absolute atomic E-state index is 0.112. The number of hydrogen-bond donors (Lipinski definition) is 2. The van der Waals surface area contributed by atoms with Crippen LogP contribution in [0.3, 0.4) is 0 Å². The first-order valence-electron chi connectivity index (χ1n) is 8.18. The van der Waals surface area contributed by atoms with E-state index in [1.165, 1.54) is 6.92 Å². The van der Waals surface area contributed by atoms with E-state index < -0.39 is 0 Å². The molecule has 0 radical (unpaired) electrons. The SMILES string of the molecule is CC(=O)Oc1c(C(C)C)n(Cc2ccc(O)cc2)c2cc(O)ccc12. The number of ether oxygens (including phenoxy) is 1. The van der Waals surface area contributed by atoms with Crippen LogP contribution in [0.2, 0.25) is 0 Å². The minimum atomic E-state index is -0.376. The largest absolute Gasteiger partial charge is 0.508 e. The van der Waals surface area contributed by atoms with Crippen LogP contribution in [0.15, 0.2) is 42.5 Å². The summed E-state index contributed by atoms with van der Waals surface area (Å²) < 4.78 is 7.56. The monoisotopic (exact) mass is 339 g/mol. The second kappa shape index (κ2) is 6.51. The number of rotatable bonds is 4. The highest BCUT2D eigenvalue weighted by atomic mass is 16.5. The molecule has 0 spiro atoms. The first kappa shape index (κ1) is 16.9. The molecule has 0 fully saturated rings. The van der Waals surface area contributed by atoms with Crippen LogP contribution in [0.5, 0.6) is 17.2 Å². The maximum atomic E-state index is 11.6. The van der Waals surface area contributed by atoms with Crippen molar-refractivity contribution in [1.29, 1.82) is 0 Å². The Bertz CT molecular complexity index is 923. The molecule has 0 amide bonds. The van der Waals surface area contributed by atoms with Gasteiger partial charge in [-0.3, -0.25) is 4.79 Å². The normalized spacial score (nSPS) is 11.2. The van der Waals surface area contributed by atoms with Crippen molar-refractivity contribution in [2.45, 2.75) is 33.2 Å². The van der Waals surface area contributed by atoms with Crippen LogP contribution in [0.25, 0.3) is 10.9 Å². The van der Waals surface area contributed by atoms with E-state index in [4.69, 9.17) is 4.74 Å². The van der Waals surface area contributed by atoms with Gasteiger partial charge in [-0.25, -0.2) is 0 Å². The molecular formula is C20H21NO4. The molecule has 0 atom stereocenters. The Morgan fingerprint density at radius 2 is 1.72 bits per heavy atom. The predicted octanol–water partition coefficient (Wildman–Crippen LogP) is 4.15. The second-order valence-corrected chi connectivity index (χ2v) is 6.42. The summed E-state index contributed by atoms with van der Waals surface area (Å²) in [5.74, 6) is 0.640. The van der Waals surface area contributed by atoms with Gasteiger partial charge in [0.1, 0.15) is 11.5 Å². The summed E-state index contributed by atoms with van der Waals surface area (Å²) in [4.78, 5) is 11.6. The molecule has 0 aliphatic heterocycles. The van der Waals surface area contributed by atoms with Crippen molar-refractivity contribution in [2.75, 3.05) is 0 Å². The lowest BCUT2D eigenvalue weighted by Gasteiger charge is -2.15. The fraction of sp³-hybridized carbons (Fsp3) is 0.250. The molecule has 0 aliphatic rings. The van der Waals surface area contributed by atoms with Crippen molar-refractivity contribution in [3.63, 3.8) is 0 Å². The lowest BCUT2D eigenvalue weighted by atomic mass is 10.1. The Balaban J connectivity index is 2.23. The molecule has 1 heterocycles. The van der Waals surface area contributed by atoms with Crippen molar-refractivity contribution in [3.8, 4) is 17.2 Å². The third-order valence-electron chi connectivity index (χ3n) is 4.11. The zero-order valence-electron chi connectivity index (χ0n) is 14.5. The topological polar surface area (TPSA) is 71.7 Å². The standard InChI is InChI=1S/C20H21NO4/c1-12(2)19-20(25-13(3)22)17-9-8-16(24)10-18(17)21(19)11-14-4-6-15(23)7-5-14/h4-10,12,23-24H,11H2,1-3H3. The van der Waals surface area contributed by atoms with E-state index >= 15 is 0 Å². The number of phenols is 2. The highest BCUT2D eigenvalue weighted by Crippen LogP contribution is 2.39. The Hall–Kier alpha value is -2.95. The Morgan fingerprint density at radius 1 is 1.08 bits per heavy atom. The average Bonchev–Trinajstić information content (AvgIpc) is 2.82. The van der Waals surface area contributed by atoms with E-state index in [0.717, 1.165) is 22.2 Å². The molecule has 2 N–H and O–H groups in total. The quantitative estimate of drug-likeness (QED) is 0.701. The zero-order valence-corrected chi connectivity index (χ0v) is 14.5. The van der Waals surface area contributed by atoms with Gasteiger partial charge in [0, 0.05) is 24.9 Å². The Kier molecular flexibility index (Phi) is 4.40. The van der Waals surface area contributed by atoms with E-state index in [1.54, 1.807) is 30.3 Å². The van der Waals surface area contributed by atoms with Gasteiger partial charge in [0.15, 0.2) is 5.75 Å². The number of benzene rings is 2. The number of aromatic hydroxyl groups is 2. The van der Waals surface area contributed by atoms with Gasteiger partial charge in [-0.2, -0.15) is 0 Å². The molecule has 0 saturated carbocycles. The number of carbonyl (C=O) groups excluding carboxylic acids is 1. The van der Waals surface area contributed by atoms with Crippen molar-refractivity contribution in [2.24, 2.45) is 0 Å². The fourth-order valence-corrected chi connectivity index (χ4v) is 3.10. The predicted molar refractivity (Wildman–Crippen MR) is 96.2 cm³/mol. The molecule has 0 aliphatic carbocycles. The van der Waals surface area contributed by atoms with Gasteiger partial charge >= 0.3 is 5.97 Å². The first-order valence-corrected chi connectivity index (χ1v) is 8.18. The smallest absolute Gasteiger partial charge is 0.308 e. The maximum Gasteiger partial charge on any atom is 0.308 e. The molecule has 3 aromatic rings. The average molecular weight is 339 g/mol. The highest BCUT2D eigenvalue weighted by molar-refractivity contribution is 5.92. The third-order valence-corrected chi connectivity index (χ3v) is 4.11. The zero-order chi connectivity index (χ0) is 18.1. The molecule has 1 aromatic heterocycles. The maximum absolute atomic E-state index is 11.6. The lowest BCUT2D eigenvalue weighted by molar-refractivity contribution is -0.131. The number of aromatic nitrogens is 1. The highest BCUT2D eigenvalue weighted by Gasteiger charge is 2.22. The Labute approximate surface area is 146 Å². The summed E-state index contributed by atoms with van der Waals surface area (Å²) in [5.41, 5.74) is 2.69. The van der Waals surface area contributed by atoms with Crippen LogP contribution in [-0.2, 0) is 11.3 Å². The number of fused-ring (bicyclic) bond motifs is 1. The Morgan fingerprint density at radius 3 is 2.32 bits per heavy atom. The molecule has 5 nitrogen and oxygen atoms in total. The van der Waals surface area contributed by atoms with E-state index in [-0.39, 0.29) is 23.4 Å². The summed E-state index contributed by atoms with van der Waals surface area (Å²) in [6.45, 7) is 5.99. The lowest BCUT2D eigenvalue weighted by Crippen LogP contribution is -2.09. The van der Waals surface area contributed by atoms with Crippen LogP contribution in [0, 0.1) is 0 Å². The number of nitrogens with zero attached hydrogens (tertiary/aromatic N) is 1. The summed E-state index contributed by atoms with van der Waals surface area (Å²) in [7, 11) is 0. The second-order valence-electron chi connectivity index (χ2n) is 6.42. The van der Waals surface area contributed by atoms with E-state index in [0.29, 0.717) is 12.3 Å². The van der Waals surface area contributed by atoms with E-state index in [2.05, 4.69) is 0 Å². The molecule has 25 heavy (non-hydrogen) atoms. The van der Waals surface area contributed by atoms with Crippen LogP contribution < -0.4 is 4.74 Å². The van der Waals surface area contributed by atoms with E-state index in [1.807, 2.05) is 30.5 Å². The summed E-state index contributed by atoms with van der Waals surface area (Å²) in [5, 5.41) is 20.2. The van der Waals surface area contributed by atoms with Gasteiger partial charge in [0.05, 0.1) is 11.2 Å². The third kappa shape index (κ3) is 3.31. The van der Waals surface area contributed by atoms with Gasteiger partial charge in [0.25, 0.3) is 0 Å². The van der Waals surface area contributed by atoms with Crippen molar-refractivity contribution < 1.29 is 19.7 Å². The summed E-state index contributed by atoms with van der Waals surface area (Å²) in [6, 6.07) is 12.0. The van der Waals surface area contributed by atoms with Gasteiger partial charge in [-0.1, -0.05) is 26.0 Å². The van der Waals surface area contributed by atoms with Crippen molar-refractivity contribution >= 4 is 16.9 Å². The molecule has 0 saturated heterocycles. The molecule has 0 unspecified atom stereocenters. The fourth-order valence-electron chi connectivity index (χ4n) is 3.10. The van der Waals surface area contributed by atoms with Crippen molar-refractivity contribution in [1.82, 2.24) is 4.57 Å². The number of esters is 1. The van der Waals surface area contributed by atoms with Gasteiger partial charge in [0.2, 0.25) is 0 Å². The van der Waals surface area contributed by atoms with Crippen LogP contribution >= 0.6 is 0 Å². The molecule has 3 rings (SSSR count). The molecular weight excluding hydrogens is 318 g/mol. The van der Waals surface area contributed by atoms with Gasteiger partial charge < -0.3 is 19.5 Å². The minimum Gasteiger partial charge on any atom is -0.508 e. The molecule has 5 heteroatoms. The van der Waals surface area contributed by atoms with Crippen LogP contribution in [-0.4, -0.2) is 20.7 Å². The number of hydrogen-bond acceptors (Lipinski definition) is 4. The number of carbonyl (C=O) groups is 1. The molecule has 0 bridgehead atoms. The van der Waals surface area contributed by atoms with Gasteiger partial charge in [-0.15, -0.1) is 0 Å². The van der Waals surface area contributed by atoms with E-state index in [9.17, 15) is 15.0 Å². The van der Waals surface area contributed by atoms with Gasteiger partial charge in [-0.05, 0) is 35.7 Å². The summed E-state index contributed by atoms with van der Waals surface area (Å²) in [6.07, 6.45) is 0. The molecule has 130 valence electrons. The first-order chi connectivity index (χ1) is 11.9.